The standard InChI is InChI=1S/C12H18O4S/c1-4-10(8-13)17(14,15)11-5-6-12(16-3)9(2)7-11/h5-7,10,13H,4,8H2,1-3H3. The van der Waals surface area contributed by atoms with Gasteiger partial charge in [-0.1, -0.05) is 6.92 Å². The minimum Gasteiger partial charge on any atom is -0.496 e. The van der Waals surface area contributed by atoms with Crippen molar-refractivity contribution in [2.24, 2.45) is 0 Å². The molecule has 0 heterocycles. The lowest BCUT2D eigenvalue weighted by molar-refractivity contribution is 0.287. The van der Waals surface area contributed by atoms with Crippen molar-refractivity contribution in [3.63, 3.8) is 0 Å². The molecule has 1 aromatic carbocycles. The van der Waals surface area contributed by atoms with Crippen LogP contribution in [-0.4, -0.2) is 32.5 Å². The van der Waals surface area contributed by atoms with Crippen LogP contribution < -0.4 is 4.74 Å². The summed E-state index contributed by atoms with van der Waals surface area (Å²) in [7, 11) is -1.91. The molecule has 1 rings (SSSR count). The van der Waals surface area contributed by atoms with Crippen molar-refractivity contribution < 1.29 is 18.3 Å². The van der Waals surface area contributed by atoms with E-state index in [-0.39, 0.29) is 11.5 Å². The summed E-state index contributed by atoms with van der Waals surface area (Å²) in [6, 6.07) is 4.72. The quantitative estimate of drug-likeness (QED) is 0.870. The average molecular weight is 258 g/mol. The number of aliphatic hydroxyl groups is 1. The second kappa shape index (κ2) is 5.51. The molecule has 0 radical (unpaired) electrons. The maximum atomic E-state index is 12.1. The van der Waals surface area contributed by atoms with E-state index in [2.05, 4.69) is 0 Å². The fraction of sp³-hybridized carbons (Fsp3) is 0.500. The van der Waals surface area contributed by atoms with Crippen LogP contribution in [0, 0.1) is 6.92 Å². The molecule has 0 amide bonds. The fourth-order valence-corrected chi connectivity index (χ4v) is 3.29. The van der Waals surface area contributed by atoms with E-state index in [9.17, 15) is 8.42 Å². The normalized spacial score (nSPS) is 13.4. The van der Waals surface area contributed by atoms with Crippen molar-refractivity contribution >= 4 is 9.84 Å². The molecular weight excluding hydrogens is 240 g/mol. The molecule has 0 spiro atoms. The molecule has 0 fully saturated rings. The molecule has 17 heavy (non-hydrogen) atoms. The number of hydrogen-bond acceptors (Lipinski definition) is 4. The van der Waals surface area contributed by atoms with Crippen LogP contribution in [0.15, 0.2) is 23.1 Å². The fourth-order valence-electron chi connectivity index (χ4n) is 1.67. The molecule has 96 valence electrons. The van der Waals surface area contributed by atoms with Gasteiger partial charge >= 0.3 is 0 Å². The average Bonchev–Trinajstić information content (AvgIpc) is 2.30. The Balaban J connectivity index is 3.20. The molecule has 0 bridgehead atoms. The topological polar surface area (TPSA) is 63.6 Å². The first-order valence-electron chi connectivity index (χ1n) is 5.46. The van der Waals surface area contributed by atoms with Gasteiger partial charge in [0, 0.05) is 0 Å². The van der Waals surface area contributed by atoms with Gasteiger partial charge in [-0.25, -0.2) is 8.42 Å². The monoisotopic (exact) mass is 258 g/mol. The van der Waals surface area contributed by atoms with Gasteiger partial charge in [-0.3, -0.25) is 0 Å². The van der Waals surface area contributed by atoms with E-state index in [4.69, 9.17) is 9.84 Å². The molecule has 0 aromatic heterocycles. The van der Waals surface area contributed by atoms with Crippen LogP contribution in [0.2, 0.25) is 0 Å². The Labute approximate surface area is 102 Å². The molecule has 0 aliphatic carbocycles. The van der Waals surface area contributed by atoms with Crippen molar-refractivity contribution in [3.8, 4) is 5.75 Å². The first-order chi connectivity index (χ1) is 7.97. The smallest absolute Gasteiger partial charge is 0.183 e. The highest BCUT2D eigenvalue weighted by Gasteiger charge is 2.25. The minimum absolute atomic E-state index is 0.233. The Bertz CT molecular complexity index is 475. The predicted octanol–water partition coefficient (Wildman–Crippen LogP) is 1.55. The van der Waals surface area contributed by atoms with E-state index in [1.807, 2.05) is 0 Å². The third-order valence-electron chi connectivity index (χ3n) is 2.79. The van der Waals surface area contributed by atoms with Gasteiger partial charge in [-0.05, 0) is 37.1 Å². The highest BCUT2D eigenvalue weighted by atomic mass is 32.2. The number of hydrogen-bond donors (Lipinski definition) is 1. The zero-order valence-electron chi connectivity index (χ0n) is 10.3. The van der Waals surface area contributed by atoms with Gasteiger partial charge in [-0.2, -0.15) is 0 Å². The number of aryl methyl sites for hydroxylation is 1. The van der Waals surface area contributed by atoms with Crippen LogP contribution in [0.5, 0.6) is 5.75 Å². The third kappa shape index (κ3) is 2.79. The van der Waals surface area contributed by atoms with Gasteiger partial charge in [0.05, 0.1) is 23.9 Å². The van der Waals surface area contributed by atoms with Crippen molar-refractivity contribution in [2.75, 3.05) is 13.7 Å². The van der Waals surface area contributed by atoms with E-state index >= 15 is 0 Å². The van der Waals surface area contributed by atoms with Crippen LogP contribution >= 0.6 is 0 Å². The Morgan fingerprint density at radius 2 is 2.06 bits per heavy atom. The second-order valence-corrected chi connectivity index (χ2v) is 6.12. The van der Waals surface area contributed by atoms with Gasteiger partial charge in [0.15, 0.2) is 9.84 Å². The number of methoxy groups -OCH3 is 1. The lowest BCUT2D eigenvalue weighted by Crippen LogP contribution is -2.24. The van der Waals surface area contributed by atoms with Gasteiger partial charge in [0.25, 0.3) is 0 Å². The molecule has 4 nitrogen and oxygen atoms in total. The molecule has 1 aromatic rings. The summed E-state index contributed by atoms with van der Waals surface area (Å²) in [4.78, 5) is 0.233. The molecule has 0 saturated carbocycles. The molecule has 0 aliphatic rings. The van der Waals surface area contributed by atoms with Crippen molar-refractivity contribution in [1.82, 2.24) is 0 Å². The molecule has 0 aliphatic heterocycles. The number of benzene rings is 1. The van der Waals surface area contributed by atoms with Crippen LogP contribution in [0.3, 0.4) is 0 Å². The minimum atomic E-state index is -3.45. The molecule has 1 atom stereocenters. The molecule has 0 saturated heterocycles. The maximum absolute atomic E-state index is 12.1. The first kappa shape index (κ1) is 14.0. The number of ether oxygens (including phenoxy) is 1. The Hall–Kier alpha value is -1.07. The van der Waals surface area contributed by atoms with Gasteiger partial charge in [0.1, 0.15) is 5.75 Å². The number of rotatable bonds is 5. The summed E-state index contributed by atoms with van der Waals surface area (Å²) in [5.41, 5.74) is 0.765. The molecule has 1 N–H and O–H groups in total. The molecule has 5 heteroatoms. The SMILES string of the molecule is CCC(CO)S(=O)(=O)c1ccc(OC)c(C)c1. The number of aliphatic hydroxyl groups excluding tert-OH is 1. The highest BCUT2D eigenvalue weighted by Crippen LogP contribution is 2.24. The second-order valence-electron chi connectivity index (χ2n) is 3.89. The Morgan fingerprint density at radius 1 is 1.41 bits per heavy atom. The van der Waals surface area contributed by atoms with E-state index < -0.39 is 15.1 Å². The Morgan fingerprint density at radius 3 is 2.47 bits per heavy atom. The summed E-state index contributed by atoms with van der Waals surface area (Å²) < 4.78 is 29.4. The largest absolute Gasteiger partial charge is 0.496 e. The summed E-state index contributed by atoms with van der Waals surface area (Å²) in [6.07, 6.45) is 0.393. The summed E-state index contributed by atoms with van der Waals surface area (Å²) in [6.45, 7) is 3.18. The zero-order chi connectivity index (χ0) is 13.1. The predicted molar refractivity (Wildman–Crippen MR) is 66.1 cm³/mol. The maximum Gasteiger partial charge on any atom is 0.183 e. The molecule has 1 unspecified atom stereocenters. The van der Waals surface area contributed by atoms with Crippen LogP contribution in [0.1, 0.15) is 18.9 Å². The number of sulfone groups is 1. The van der Waals surface area contributed by atoms with Crippen LogP contribution in [0.25, 0.3) is 0 Å². The summed E-state index contributed by atoms with van der Waals surface area (Å²) >= 11 is 0. The van der Waals surface area contributed by atoms with E-state index in [0.29, 0.717) is 12.2 Å². The summed E-state index contributed by atoms with van der Waals surface area (Å²) in [5.74, 6) is 0.654. The first-order valence-corrected chi connectivity index (χ1v) is 7.01. The lowest BCUT2D eigenvalue weighted by atomic mass is 10.2. The van der Waals surface area contributed by atoms with Gasteiger partial charge < -0.3 is 9.84 Å². The zero-order valence-corrected chi connectivity index (χ0v) is 11.1. The molecular formula is C12H18O4S. The van der Waals surface area contributed by atoms with Gasteiger partial charge in [-0.15, -0.1) is 0 Å². The van der Waals surface area contributed by atoms with Crippen molar-refractivity contribution in [1.29, 1.82) is 0 Å². The Kier molecular flexibility index (Phi) is 4.54. The van der Waals surface area contributed by atoms with E-state index in [1.54, 1.807) is 33.1 Å². The summed E-state index contributed by atoms with van der Waals surface area (Å²) in [5, 5.41) is 8.35. The third-order valence-corrected chi connectivity index (χ3v) is 5.06. The van der Waals surface area contributed by atoms with Crippen molar-refractivity contribution in [2.45, 2.75) is 30.4 Å². The van der Waals surface area contributed by atoms with Gasteiger partial charge in [0.2, 0.25) is 0 Å². The lowest BCUT2D eigenvalue weighted by Gasteiger charge is -2.14. The van der Waals surface area contributed by atoms with Crippen molar-refractivity contribution in [3.05, 3.63) is 23.8 Å². The van der Waals surface area contributed by atoms with Crippen LogP contribution in [-0.2, 0) is 9.84 Å². The van der Waals surface area contributed by atoms with E-state index in [0.717, 1.165) is 5.56 Å². The van der Waals surface area contributed by atoms with E-state index in [1.165, 1.54) is 6.07 Å². The highest BCUT2D eigenvalue weighted by molar-refractivity contribution is 7.92. The van der Waals surface area contributed by atoms with Crippen LogP contribution in [0.4, 0.5) is 0 Å².